The Kier molecular flexibility index (Phi) is 3.28. The Morgan fingerprint density at radius 3 is 2.54 bits per heavy atom. The van der Waals surface area contributed by atoms with Crippen molar-refractivity contribution in [2.75, 3.05) is 7.11 Å². The van der Waals surface area contributed by atoms with Gasteiger partial charge in [0.05, 0.1) is 13.2 Å². The molecule has 4 heteroatoms. The first-order chi connectivity index (χ1) is 6.19. The molecule has 0 saturated heterocycles. The van der Waals surface area contributed by atoms with Crippen LogP contribution in [0.4, 0.5) is 4.79 Å². The summed E-state index contributed by atoms with van der Waals surface area (Å²) in [6.07, 6.45) is 2.00. The Morgan fingerprint density at radius 1 is 1.54 bits per heavy atom. The van der Waals surface area contributed by atoms with Crippen LogP contribution in [0, 0.1) is 5.92 Å². The first-order valence-corrected chi connectivity index (χ1v) is 4.56. The molecule has 0 heterocycles. The van der Waals surface area contributed by atoms with Crippen molar-refractivity contribution in [1.29, 1.82) is 0 Å². The van der Waals surface area contributed by atoms with Crippen molar-refractivity contribution in [3.8, 4) is 0 Å². The van der Waals surface area contributed by atoms with Gasteiger partial charge in [-0.3, -0.25) is 4.79 Å². The zero-order chi connectivity index (χ0) is 9.84. The molecule has 1 atom stereocenters. The minimum absolute atomic E-state index is 0.0906. The van der Waals surface area contributed by atoms with Gasteiger partial charge in [0.2, 0.25) is 0 Å². The van der Waals surface area contributed by atoms with Gasteiger partial charge in [0.15, 0.2) is 5.78 Å². The predicted molar refractivity (Wildman–Crippen MR) is 47.4 cm³/mol. The number of rotatable bonds is 4. The van der Waals surface area contributed by atoms with E-state index in [1.165, 1.54) is 7.11 Å². The van der Waals surface area contributed by atoms with Crippen molar-refractivity contribution in [2.24, 2.45) is 5.92 Å². The molecule has 1 aliphatic rings. The van der Waals surface area contributed by atoms with Crippen LogP contribution in [0.3, 0.4) is 0 Å². The van der Waals surface area contributed by atoms with E-state index >= 15 is 0 Å². The van der Waals surface area contributed by atoms with Gasteiger partial charge in [-0.25, -0.2) is 4.79 Å². The fourth-order valence-electron chi connectivity index (χ4n) is 1.30. The van der Waals surface area contributed by atoms with Crippen LogP contribution in [-0.4, -0.2) is 25.0 Å². The highest BCUT2D eigenvalue weighted by molar-refractivity contribution is 5.87. The smallest absolute Gasteiger partial charge is 0.407 e. The van der Waals surface area contributed by atoms with Crippen LogP contribution in [0.25, 0.3) is 0 Å². The molecule has 74 valence electrons. The van der Waals surface area contributed by atoms with Crippen LogP contribution in [0.2, 0.25) is 0 Å². The Labute approximate surface area is 77.6 Å². The van der Waals surface area contributed by atoms with Crippen LogP contribution in [0.15, 0.2) is 0 Å². The van der Waals surface area contributed by atoms with Crippen molar-refractivity contribution in [1.82, 2.24) is 5.32 Å². The minimum Gasteiger partial charge on any atom is -0.453 e. The summed E-state index contributed by atoms with van der Waals surface area (Å²) in [5, 5.41) is 2.57. The lowest BCUT2D eigenvalue weighted by molar-refractivity contribution is -0.121. The quantitative estimate of drug-likeness (QED) is 0.713. The fraction of sp³-hybridized carbons (Fsp3) is 0.778. The maximum Gasteiger partial charge on any atom is 0.407 e. The van der Waals surface area contributed by atoms with E-state index in [4.69, 9.17) is 0 Å². The number of hydrogen-bond donors (Lipinski definition) is 1. The van der Waals surface area contributed by atoms with Crippen molar-refractivity contribution in [3.05, 3.63) is 0 Å². The van der Waals surface area contributed by atoms with Gasteiger partial charge in [0.25, 0.3) is 0 Å². The number of nitrogens with one attached hydrogen (secondary N) is 1. The van der Waals surface area contributed by atoms with Crippen LogP contribution < -0.4 is 5.32 Å². The lowest BCUT2D eigenvalue weighted by Crippen LogP contribution is -2.42. The Balaban J connectivity index is 2.47. The molecule has 1 amide bonds. The number of carbonyl (C=O) groups is 2. The largest absolute Gasteiger partial charge is 0.453 e. The fourth-order valence-corrected chi connectivity index (χ4v) is 1.30. The number of carbonyl (C=O) groups excluding carboxylic acids is 2. The summed E-state index contributed by atoms with van der Waals surface area (Å²) in [5.74, 6) is 0.430. The summed E-state index contributed by atoms with van der Waals surface area (Å²) in [6, 6.07) is -0.322. The van der Waals surface area contributed by atoms with E-state index in [0.29, 0.717) is 12.3 Å². The van der Waals surface area contributed by atoms with Crippen molar-refractivity contribution in [3.63, 3.8) is 0 Å². The summed E-state index contributed by atoms with van der Waals surface area (Å²) >= 11 is 0. The van der Waals surface area contributed by atoms with Crippen LogP contribution in [0.5, 0.6) is 0 Å². The van der Waals surface area contributed by atoms with Gasteiger partial charge in [-0.1, -0.05) is 6.92 Å². The van der Waals surface area contributed by atoms with Crippen molar-refractivity contribution < 1.29 is 14.3 Å². The molecular weight excluding hydrogens is 170 g/mol. The van der Waals surface area contributed by atoms with Gasteiger partial charge in [0, 0.05) is 6.42 Å². The van der Waals surface area contributed by atoms with Gasteiger partial charge in [0.1, 0.15) is 0 Å². The highest BCUT2D eigenvalue weighted by Gasteiger charge is 2.36. The number of hydrogen-bond acceptors (Lipinski definition) is 3. The Morgan fingerprint density at radius 2 is 2.15 bits per heavy atom. The molecule has 0 aromatic carbocycles. The summed E-state index contributed by atoms with van der Waals surface area (Å²) < 4.78 is 4.45. The molecule has 4 nitrogen and oxygen atoms in total. The zero-order valence-corrected chi connectivity index (χ0v) is 8.00. The molecule has 0 aromatic rings. The normalized spacial score (nSPS) is 17.7. The van der Waals surface area contributed by atoms with Crippen molar-refractivity contribution >= 4 is 11.9 Å². The number of amides is 1. The predicted octanol–water partition coefficient (Wildman–Crippen LogP) is 1.10. The molecule has 0 bridgehead atoms. The van der Waals surface area contributed by atoms with E-state index < -0.39 is 6.09 Å². The molecule has 1 saturated carbocycles. The van der Waals surface area contributed by atoms with Crippen LogP contribution >= 0.6 is 0 Å². The van der Waals surface area contributed by atoms with E-state index in [1.54, 1.807) is 6.92 Å². The Hall–Kier alpha value is -1.06. The third-order valence-electron chi connectivity index (χ3n) is 2.25. The number of Topliss-reactive ketones (excluding diaryl/α,β-unsaturated/α-hetero) is 1. The maximum absolute atomic E-state index is 11.4. The second-order valence-electron chi connectivity index (χ2n) is 3.27. The number of ether oxygens (including phenoxy) is 1. The summed E-state index contributed by atoms with van der Waals surface area (Å²) in [6.45, 7) is 1.80. The molecule has 13 heavy (non-hydrogen) atoms. The molecule has 0 radical (unpaired) electrons. The van der Waals surface area contributed by atoms with Gasteiger partial charge in [-0.15, -0.1) is 0 Å². The monoisotopic (exact) mass is 185 g/mol. The minimum atomic E-state index is -0.515. The lowest BCUT2D eigenvalue weighted by Gasteiger charge is -2.14. The van der Waals surface area contributed by atoms with Crippen LogP contribution in [0.1, 0.15) is 26.2 Å². The van der Waals surface area contributed by atoms with E-state index in [9.17, 15) is 9.59 Å². The lowest BCUT2D eigenvalue weighted by atomic mass is 10.1. The number of methoxy groups -OCH3 is 1. The highest BCUT2D eigenvalue weighted by Crippen LogP contribution is 2.33. The number of alkyl carbamates (subject to hydrolysis) is 1. The van der Waals surface area contributed by atoms with E-state index in [0.717, 1.165) is 12.8 Å². The molecule has 1 rings (SSSR count). The first kappa shape index (κ1) is 10.0. The standard InChI is InChI=1S/C9H15NO3/c1-3-7(11)8(6-4-5-6)10-9(12)13-2/h6,8H,3-5H2,1-2H3,(H,10,12)/t8-/m1/s1. The second-order valence-corrected chi connectivity index (χ2v) is 3.27. The molecule has 1 N–H and O–H groups in total. The Bertz CT molecular complexity index is 211. The summed E-state index contributed by atoms with van der Waals surface area (Å²) in [4.78, 5) is 22.3. The third kappa shape index (κ3) is 2.72. The van der Waals surface area contributed by atoms with E-state index in [1.807, 2.05) is 0 Å². The number of ketones is 1. The van der Waals surface area contributed by atoms with Gasteiger partial charge < -0.3 is 10.1 Å². The second kappa shape index (κ2) is 4.25. The van der Waals surface area contributed by atoms with Gasteiger partial charge in [-0.05, 0) is 18.8 Å². The average molecular weight is 185 g/mol. The summed E-state index contributed by atoms with van der Waals surface area (Å²) in [5.41, 5.74) is 0. The summed E-state index contributed by atoms with van der Waals surface area (Å²) in [7, 11) is 1.30. The first-order valence-electron chi connectivity index (χ1n) is 4.56. The molecule has 0 aliphatic heterocycles. The molecular formula is C9H15NO3. The molecule has 1 fully saturated rings. The molecule has 1 aliphatic carbocycles. The average Bonchev–Trinajstić information content (AvgIpc) is 2.95. The van der Waals surface area contributed by atoms with Gasteiger partial charge in [-0.2, -0.15) is 0 Å². The van der Waals surface area contributed by atoms with E-state index in [-0.39, 0.29) is 11.8 Å². The molecule has 0 aromatic heterocycles. The third-order valence-corrected chi connectivity index (χ3v) is 2.25. The van der Waals surface area contributed by atoms with Crippen molar-refractivity contribution in [2.45, 2.75) is 32.2 Å². The van der Waals surface area contributed by atoms with Crippen LogP contribution in [-0.2, 0) is 9.53 Å². The van der Waals surface area contributed by atoms with E-state index in [2.05, 4.69) is 10.1 Å². The highest BCUT2D eigenvalue weighted by atomic mass is 16.5. The SMILES string of the molecule is CCC(=O)[C@H](NC(=O)OC)C1CC1. The molecule has 0 spiro atoms. The molecule has 0 unspecified atom stereocenters. The topological polar surface area (TPSA) is 55.4 Å². The maximum atomic E-state index is 11.4. The zero-order valence-electron chi connectivity index (χ0n) is 8.00. The van der Waals surface area contributed by atoms with Gasteiger partial charge >= 0.3 is 6.09 Å².